The first-order chi connectivity index (χ1) is 4.47. The van der Waals surface area contributed by atoms with Gasteiger partial charge in [-0.15, -0.1) is 0 Å². The van der Waals surface area contributed by atoms with Gasteiger partial charge in [0, 0.05) is 0 Å². The van der Waals surface area contributed by atoms with Crippen LogP contribution in [0.1, 0.15) is 17.4 Å². The van der Waals surface area contributed by atoms with Crippen LogP contribution >= 0.6 is 11.8 Å². The van der Waals surface area contributed by atoms with E-state index in [1.165, 1.54) is 12.2 Å². The zero-order valence-electron chi connectivity index (χ0n) is 4.87. The van der Waals surface area contributed by atoms with Gasteiger partial charge in [0.05, 0.1) is 17.1 Å². The van der Waals surface area contributed by atoms with Crippen molar-refractivity contribution >= 4 is 11.8 Å². The molecule has 3 nitrogen and oxygen atoms in total. The number of hydrogen-bond donors (Lipinski definition) is 1. The van der Waals surface area contributed by atoms with E-state index in [1.807, 2.05) is 11.8 Å². The van der Waals surface area contributed by atoms with Crippen molar-refractivity contribution in [3.05, 3.63) is 11.9 Å². The van der Waals surface area contributed by atoms with Crippen molar-refractivity contribution in [2.24, 2.45) is 0 Å². The van der Waals surface area contributed by atoms with Crippen LogP contribution in [0.5, 0.6) is 0 Å². The molecule has 1 unspecified atom stereocenters. The third-order valence-corrected chi connectivity index (χ3v) is 2.81. The van der Waals surface area contributed by atoms with Crippen LogP contribution in [0.2, 0.25) is 0 Å². The molecule has 2 rings (SSSR count). The Bertz CT molecular complexity index is 180. The summed E-state index contributed by atoms with van der Waals surface area (Å²) in [6, 6.07) is 0. The van der Waals surface area contributed by atoms with E-state index in [-0.39, 0.29) is 0 Å². The molecule has 1 aromatic heterocycles. The van der Waals surface area contributed by atoms with Gasteiger partial charge in [-0.05, 0) is 12.2 Å². The molecule has 48 valence electrons. The molecule has 9 heavy (non-hydrogen) atoms. The summed E-state index contributed by atoms with van der Waals surface area (Å²) in [7, 11) is 0. The largest absolute Gasteiger partial charge is 0.198 e. The molecular weight excluding hydrogens is 134 g/mol. The molecule has 4 heteroatoms. The first-order valence-electron chi connectivity index (χ1n) is 2.94. The highest BCUT2D eigenvalue weighted by Crippen LogP contribution is 2.40. The lowest BCUT2D eigenvalue weighted by molar-refractivity contribution is 0.803. The average Bonchev–Trinajstić information content (AvgIpc) is 2.11. The zero-order valence-corrected chi connectivity index (χ0v) is 5.69. The molecule has 1 aliphatic heterocycles. The maximum absolute atomic E-state index is 3.98. The molecule has 0 amide bonds. The van der Waals surface area contributed by atoms with Crippen LogP contribution < -0.4 is 0 Å². The van der Waals surface area contributed by atoms with Gasteiger partial charge in [0.15, 0.2) is 0 Å². The van der Waals surface area contributed by atoms with Gasteiger partial charge in [0.25, 0.3) is 0 Å². The lowest BCUT2D eigenvalue weighted by atomic mass is 10.2. The molecule has 0 bridgehead atoms. The van der Waals surface area contributed by atoms with Gasteiger partial charge in [-0.1, -0.05) is 0 Å². The minimum absolute atomic E-state index is 0.628. The minimum atomic E-state index is 0.628. The van der Waals surface area contributed by atoms with Gasteiger partial charge in [0.2, 0.25) is 0 Å². The Balaban J connectivity index is 2.14. The van der Waals surface area contributed by atoms with E-state index >= 15 is 0 Å². The lowest BCUT2D eigenvalue weighted by Gasteiger charge is -2.21. The standard InChI is InChI=1S/C5H7N3S/c1-2-9-5(1)4-3-6-8-7-4/h3,5H,1-2H2,(H,6,7,8). The van der Waals surface area contributed by atoms with Gasteiger partial charge in [-0.25, -0.2) is 0 Å². The highest BCUT2D eigenvalue weighted by molar-refractivity contribution is 8.00. The Hall–Kier alpha value is -0.510. The van der Waals surface area contributed by atoms with Crippen molar-refractivity contribution in [3.8, 4) is 0 Å². The molecule has 1 aromatic rings. The SMILES string of the molecule is c1n[nH]nc1C1CCS1. The van der Waals surface area contributed by atoms with E-state index in [0.717, 1.165) is 5.69 Å². The normalized spacial score (nSPS) is 25.6. The van der Waals surface area contributed by atoms with E-state index < -0.39 is 0 Å². The summed E-state index contributed by atoms with van der Waals surface area (Å²) in [6.45, 7) is 0. The molecule has 2 heterocycles. The molecule has 0 radical (unpaired) electrons. The predicted octanol–water partition coefficient (Wildman–Crippen LogP) is 0.983. The molecule has 0 saturated carbocycles. The molecule has 0 spiro atoms. The van der Waals surface area contributed by atoms with Crippen LogP contribution in [-0.2, 0) is 0 Å². The van der Waals surface area contributed by atoms with Crippen molar-refractivity contribution in [1.82, 2.24) is 15.4 Å². The van der Waals surface area contributed by atoms with E-state index in [9.17, 15) is 0 Å². The topological polar surface area (TPSA) is 41.6 Å². The van der Waals surface area contributed by atoms with Gasteiger partial charge < -0.3 is 0 Å². The second-order valence-electron chi connectivity index (χ2n) is 2.04. The van der Waals surface area contributed by atoms with E-state index in [1.54, 1.807) is 6.20 Å². The van der Waals surface area contributed by atoms with Crippen molar-refractivity contribution in [3.63, 3.8) is 0 Å². The number of thioether (sulfide) groups is 1. The van der Waals surface area contributed by atoms with Crippen molar-refractivity contribution in [2.45, 2.75) is 11.7 Å². The fourth-order valence-electron chi connectivity index (χ4n) is 0.835. The molecule has 1 atom stereocenters. The third-order valence-electron chi connectivity index (χ3n) is 1.46. The Labute approximate surface area is 57.2 Å². The number of hydrogen-bond acceptors (Lipinski definition) is 3. The molecular formula is C5H7N3S. The fourth-order valence-corrected chi connectivity index (χ4v) is 1.59. The van der Waals surface area contributed by atoms with E-state index in [0.29, 0.717) is 5.25 Å². The Morgan fingerprint density at radius 2 is 2.67 bits per heavy atom. The van der Waals surface area contributed by atoms with Gasteiger partial charge in [-0.2, -0.15) is 27.2 Å². The smallest absolute Gasteiger partial charge is 0.0954 e. The van der Waals surface area contributed by atoms with Crippen molar-refractivity contribution in [2.75, 3.05) is 5.75 Å². The van der Waals surface area contributed by atoms with E-state index in [2.05, 4.69) is 15.4 Å². The van der Waals surface area contributed by atoms with Gasteiger partial charge >= 0.3 is 0 Å². The average molecular weight is 141 g/mol. The fraction of sp³-hybridized carbons (Fsp3) is 0.600. The van der Waals surface area contributed by atoms with Gasteiger partial charge in [0.1, 0.15) is 0 Å². The van der Waals surface area contributed by atoms with Crippen LogP contribution in [0.25, 0.3) is 0 Å². The number of H-pyrrole nitrogens is 1. The van der Waals surface area contributed by atoms with Gasteiger partial charge in [-0.3, -0.25) is 0 Å². The second kappa shape index (κ2) is 2.02. The molecule has 1 fully saturated rings. The Morgan fingerprint density at radius 1 is 1.78 bits per heavy atom. The summed E-state index contributed by atoms with van der Waals surface area (Å²) in [5, 5.41) is 11.0. The summed E-state index contributed by atoms with van der Waals surface area (Å²) in [5.41, 5.74) is 1.10. The quantitative estimate of drug-likeness (QED) is 0.634. The summed E-state index contributed by atoms with van der Waals surface area (Å²) in [6.07, 6.45) is 3.06. The third kappa shape index (κ3) is 0.830. The first kappa shape index (κ1) is 5.29. The number of aromatic amines is 1. The van der Waals surface area contributed by atoms with Crippen LogP contribution in [-0.4, -0.2) is 21.2 Å². The van der Waals surface area contributed by atoms with Crippen LogP contribution in [0.4, 0.5) is 0 Å². The molecule has 1 N–H and O–H groups in total. The van der Waals surface area contributed by atoms with Crippen LogP contribution in [0, 0.1) is 0 Å². The Morgan fingerprint density at radius 3 is 3.11 bits per heavy atom. The number of nitrogens with one attached hydrogen (secondary N) is 1. The summed E-state index contributed by atoms with van der Waals surface area (Å²) >= 11 is 1.94. The predicted molar refractivity (Wildman–Crippen MR) is 36.2 cm³/mol. The molecule has 0 aromatic carbocycles. The van der Waals surface area contributed by atoms with Crippen LogP contribution in [0.15, 0.2) is 6.20 Å². The number of rotatable bonds is 1. The molecule has 1 aliphatic rings. The second-order valence-corrected chi connectivity index (χ2v) is 3.35. The number of aromatic nitrogens is 3. The highest BCUT2D eigenvalue weighted by atomic mass is 32.2. The minimum Gasteiger partial charge on any atom is -0.198 e. The molecule has 0 aliphatic carbocycles. The monoisotopic (exact) mass is 141 g/mol. The van der Waals surface area contributed by atoms with E-state index in [4.69, 9.17) is 0 Å². The zero-order chi connectivity index (χ0) is 6.10. The summed E-state index contributed by atoms with van der Waals surface area (Å²) in [4.78, 5) is 0. The van der Waals surface area contributed by atoms with Crippen molar-refractivity contribution < 1.29 is 0 Å². The summed E-state index contributed by atoms with van der Waals surface area (Å²) < 4.78 is 0. The highest BCUT2D eigenvalue weighted by Gasteiger charge is 2.21. The maximum atomic E-state index is 3.98. The maximum Gasteiger partial charge on any atom is 0.0954 e. The number of nitrogens with zero attached hydrogens (tertiary/aromatic N) is 2. The summed E-state index contributed by atoms with van der Waals surface area (Å²) in [5.74, 6) is 1.28. The first-order valence-corrected chi connectivity index (χ1v) is 3.99. The van der Waals surface area contributed by atoms with Crippen LogP contribution in [0.3, 0.4) is 0 Å². The molecule has 1 saturated heterocycles. The lowest BCUT2D eigenvalue weighted by Crippen LogP contribution is -2.06. The Kier molecular flexibility index (Phi) is 1.19. The van der Waals surface area contributed by atoms with Crippen molar-refractivity contribution in [1.29, 1.82) is 0 Å².